The summed E-state index contributed by atoms with van der Waals surface area (Å²) in [6.07, 6.45) is 3.65. The van der Waals surface area contributed by atoms with Crippen LogP contribution in [-0.2, 0) is 0 Å². The van der Waals surface area contributed by atoms with Gasteiger partial charge in [-0.25, -0.2) is 0 Å². The minimum Gasteiger partial charge on any atom is -0.337 e. The first-order valence-corrected chi connectivity index (χ1v) is 9.03. The van der Waals surface area contributed by atoms with Gasteiger partial charge in [0.05, 0.1) is 5.69 Å². The van der Waals surface area contributed by atoms with Crippen LogP contribution in [0.5, 0.6) is 0 Å². The lowest BCUT2D eigenvalue weighted by Crippen LogP contribution is -2.39. The van der Waals surface area contributed by atoms with Crippen LogP contribution in [0.15, 0.2) is 54.7 Å². The van der Waals surface area contributed by atoms with E-state index in [9.17, 15) is 4.79 Å². The molecule has 1 amide bonds. The summed E-state index contributed by atoms with van der Waals surface area (Å²) < 4.78 is 0. The van der Waals surface area contributed by atoms with Gasteiger partial charge in [-0.05, 0) is 44.0 Å². The smallest absolute Gasteiger partial charge is 0.271 e. The van der Waals surface area contributed by atoms with Crippen LogP contribution in [0.3, 0.4) is 0 Å². The number of piperidine rings is 1. The number of nitrogens with one attached hydrogen (secondary N) is 1. The Morgan fingerprint density at radius 3 is 2.88 bits per heavy atom. The first kappa shape index (κ1) is 16.5. The number of carbonyl (C=O) groups is 1. The van der Waals surface area contributed by atoms with Gasteiger partial charge in [-0.15, -0.1) is 0 Å². The lowest BCUT2D eigenvalue weighted by Gasteiger charge is -2.32. The number of likely N-dealkylation sites (tertiary alicyclic amines) is 1. The highest BCUT2D eigenvalue weighted by Gasteiger charge is 2.27. The Balaban J connectivity index is 1.55. The van der Waals surface area contributed by atoms with Crippen molar-refractivity contribution in [3.63, 3.8) is 0 Å². The van der Waals surface area contributed by atoms with Gasteiger partial charge in [0.1, 0.15) is 5.69 Å². The Morgan fingerprint density at radius 1 is 1.19 bits per heavy atom. The maximum Gasteiger partial charge on any atom is 0.271 e. The van der Waals surface area contributed by atoms with Gasteiger partial charge in [-0.1, -0.05) is 29.8 Å². The Kier molecular flexibility index (Phi) is 4.52. The third-order valence-corrected chi connectivity index (χ3v) is 4.94. The van der Waals surface area contributed by atoms with E-state index in [0.717, 1.165) is 36.3 Å². The second kappa shape index (κ2) is 7.12. The number of aromatic nitrogens is 3. The molecule has 0 unspecified atom stereocenters. The fourth-order valence-electron chi connectivity index (χ4n) is 3.59. The zero-order valence-corrected chi connectivity index (χ0v) is 14.9. The molecule has 1 aliphatic rings. The normalized spacial score (nSPS) is 17.3. The summed E-state index contributed by atoms with van der Waals surface area (Å²) in [5, 5.41) is 6.65. The van der Waals surface area contributed by atoms with Crippen molar-refractivity contribution in [3.05, 3.63) is 71.7 Å². The van der Waals surface area contributed by atoms with Crippen molar-refractivity contribution in [2.75, 3.05) is 13.1 Å². The molecule has 132 valence electrons. The van der Waals surface area contributed by atoms with Crippen molar-refractivity contribution in [2.45, 2.75) is 25.7 Å². The predicted molar refractivity (Wildman–Crippen MR) is 101 cm³/mol. The van der Waals surface area contributed by atoms with Crippen LogP contribution in [-0.4, -0.2) is 39.1 Å². The average molecular weight is 346 g/mol. The largest absolute Gasteiger partial charge is 0.337 e. The van der Waals surface area contributed by atoms with Crippen LogP contribution in [0.4, 0.5) is 0 Å². The quantitative estimate of drug-likeness (QED) is 0.785. The highest BCUT2D eigenvalue weighted by molar-refractivity contribution is 5.92. The van der Waals surface area contributed by atoms with Gasteiger partial charge in [-0.2, -0.15) is 5.10 Å². The van der Waals surface area contributed by atoms with Crippen LogP contribution in [0, 0.1) is 6.92 Å². The lowest BCUT2D eigenvalue weighted by molar-refractivity contribution is 0.0700. The number of hydrogen-bond acceptors (Lipinski definition) is 3. The molecule has 1 fully saturated rings. The SMILES string of the molecule is Cc1cccc(-c2cccc([C@@H]3CCCN(C(=O)c4ccn[nH]4)C3)n2)c1. The molecule has 1 aromatic carbocycles. The third-order valence-electron chi connectivity index (χ3n) is 4.94. The molecule has 26 heavy (non-hydrogen) atoms. The standard InChI is InChI=1S/C21H22N4O/c1-15-5-2-6-16(13-15)18-8-3-9-19(23-18)17-7-4-12-25(14-17)21(26)20-10-11-22-24-20/h2-3,5-6,8-11,13,17H,4,7,12,14H2,1H3,(H,22,24)/t17-/m1/s1. The van der Waals surface area contributed by atoms with Crippen LogP contribution >= 0.6 is 0 Å². The van der Waals surface area contributed by atoms with Crippen molar-refractivity contribution < 1.29 is 4.79 Å². The molecular formula is C21H22N4O. The van der Waals surface area contributed by atoms with Crippen LogP contribution < -0.4 is 0 Å². The number of amides is 1. The summed E-state index contributed by atoms with van der Waals surface area (Å²) in [7, 11) is 0. The molecule has 0 aliphatic carbocycles. The molecule has 5 heteroatoms. The topological polar surface area (TPSA) is 61.9 Å². The van der Waals surface area contributed by atoms with E-state index in [1.54, 1.807) is 12.3 Å². The Bertz CT molecular complexity index is 904. The fourth-order valence-corrected chi connectivity index (χ4v) is 3.59. The predicted octanol–water partition coefficient (Wildman–Crippen LogP) is 3.80. The number of pyridine rings is 1. The molecule has 1 N–H and O–H groups in total. The monoisotopic (exact) mass is 346 g/mol. The van der Waals surface area contributed by atoms with Gasteiger partial charge in [0.15, 0.2) is 0 Å². The summed E-state index contributed by atoms with van der Waals surface area (Å²) in [4.78, 5) is 19.4. The Morgan fingerprint density at radius 2 is 2.08 bits per heavy atom. The molecule has 3 aromatic rings. The molecule has 1 saturated heterocycles. The molecule has 0 bridgehead atoms. The molecule has 0 radical (unpaired) electrons. The number of aromatic amines is 1. The summed E-state index contributed by atoms with van der Waals surface area (Å²) in [6.45, 7) is 3.57. The summed E-state index contributed by atoms with van der Waals surface area (Å²) in [5.74, 6) is 0.280. The number of rotatable bonds is 3. The summed E-state index contributed by atoms with van der Waals surface area (Å²) in [5.41, 5.74) is 4.96. The molecule has 1 atom stereocenters. The molecule has 2 aromatic heterocycles. The Hall–Kier alpha value is -2.95. The van der Waals surface area contributed by atoms with Gasteiger partial charge in [0.2, 0.25) is 0 Å². The van der Waals surface area contributed by atoms with E-state index in [4.69, 9.17) is 4.98 Å². The van der Waals surface area contributed by atoms with Crippen molar-refractivity contribution in [2.24, 2.45) is 0 Å². The lowest BCUT2D eigenvalue weighted by atomic mass is 9.93. The summed E-state index contributed by atoms with van der Waals surface area (Å²) in [6, 6.07) is 16.3. The second-order valence-electron chi connectivity index (χ2n) is 6.88. The first-order chi connectivity index (χ1) is 12.7. The second-order valence-corrected chi connectivity index (χ2v) is 6.88. The molecule has 0 spiro atoms. The number of benzene rings is 1. The fraction of sp³-hybridized carbons (Fsp3) is 0.286. The van der Waals surface area contributed by atoms with Crippen molar-refractivity contribution in [1.29, 1.82) is 0 Å². The molecule has 5 nitrogen and oxygen atoms in total. The van der Waals surface area contributed by atoms with Gasteiger partial charge in [0, 0.05) is 36.5 Å². The first-order valence-electron chi connectivity index (χ1n) is 9.03. The van der Waals surface area contributed by atoms with Gasteiger partial charge < -0.3 is 4.90 Å². The number of carbonyl (C=O) groups excluding carboxylic acids is 1. The minimum atomic E-state index is 0.0158. The zero-order chi connectivity index (χ0) is 17.9. The zero-order valence-electron chi connectivity index (χ0n) is 14.9. The maximum absolute atomic E-state index is 12.6. The average Bonchev–Trinajstić information content (AvgIpc) is 3.22. The van der Waals surface area contributed by atoms with E-state index in [2.05, 4.69) is 59.6 Å². The Labute approximate surface area is 153 Å². The number of hydrogen-bond donors (Lipinski definition) is 1. The van der Waals surface area contributed by atoms with Gasteiger partial charge >= 0.3 is 0 Å². The maximum atomic E-state index is 12.6. The highest BCUT2D eigenvalue weighted by Crippen LogP contribution is 2.28. The molecule has 1 aliphatic heterocycles. The molecule has 3 heterocycles. The van der Waals surface area contributed by atoms with Crippen molar-refractivity contribution in [1.82, 2.24) is 20.1 Å². The van der Waals surface area contributed by atoms with Crippen LogP contribution in [0.1, 0.15) is 40.5 Å². The highest BCUT2D eigenvalue weighted by atomic mass is 16.2. The van der Waals surface area contributed by atoms with E-state index in [-0.39, 0.29) is 11.8 Å². The van der Waals surface area contributed by atoms with E-state index >= 15 is 0 Å². The van der Waals surface area contributed by atoms with E-state index in [0.29, 0.717) is 12.2 Å². The van der Waals surface area contributed by atoms with E-state index in [1.807, 2.05) is 4.90 Å². The van der Waals surface area contributed by atoms with E-state index < -0.39 is 0 Å². The van der Waals surface area contributed by atoms with Gasteiger partial charge in [-0.3, -0.25) is 14.9 Å². The summed E-state index contributed by atoms with van der Waals surface area (Å²) >= 11 is 0. The number of aryl methyl sites for hydroxylation is 1. The molecule has 0 saturated carbocycles. The van der Waals surface area contributed by atoms with Crippen LogP contribution in [0.2, 0.25) is 0 Å². The third kappa shape index (κ3) is 3.38. The number of nitrogens with zero attached hydrogens (tertiary/aromatic N) is 3. The van der Waals surface area contributed by atoms with Crippen LogP contribution in [0.25, 0.3) is 11.3 Å². The minimum absolute atomic E-state index is 0.0158. The van der Waals surface area contributed by atoms with Crippen molar-refractivity contribution >= 4 is 5.91 Å². The van der Waals surface area contributed by atoms with Gasteiger partial charge in [0.25, 0.3) is 5.91 Å². The number of H-pyrrole nitrogens is 1. The van der Waals surface area contributed by atoms with Crippen molar-refractivity contribution in [3.8, 4) is 11.3 Å². The van der Waals surface area contributed by atoms with E-state index in [1.165, 1.54) is 5.56 Å². The molecule has 4 rings (SSSR count). The molecular weight excluding hydrogens is 324 g/mol.